The molecule has 0 unspecified atom stereocenters. The summed E-state index contributed by atoms with van der Waals surface area (Å²) in [7, 11) is 9.16. The maximum atomic E-state index is 13.1. The average Bonchev–Trinajstić information content (AvgIpc) is 1.65. The molecule has 25 heteroatoms. The van der Waals surface area contributed by atoms with Gasteiger partial charge in [-0.2, -0.15) is 0 Å². The summed E-state index contributed by atoms with van der Waals surface area (Å²) in [6.07, 6.45) is 3.67. The number of fused-ring (bicyclic) bond motifs is 5. The minimum Gasteiger partial charge on any atom is -0.497 e. The first-order valence-corrected chi connectivity index (χ1v) is 27.9. The highest BCUT2D eigenvalue weighted by Gasteiger charge is 2.49. The van der Waals surface area contributed by atoms with E-state index in [0.29, 0.717) is 51.9 Å². The maximum Gasteiger partial charge on any atom is 0.408 e. The number of urea groups is 1. The second kappa shape index (κ2) is 27.5. The molecule has 2 aromatic heterocycles. The Balaban J connectivity index is 0.000000165. The van der Waals surface area contributed by atoms with Crippen LogP contribution in [-0.4, -0.2) is 164 Å². The summed E-state index contributed by atoms with van der Waals surface area (Å²) >= 11 is 0. The van der Waals surface area contributed by atoms with Crippen LogP contribution in [0.15, 0.2) is 127 Å². The van der Waals surface area contributed by atoms with E-state index in [9.17, 15) is 43.2 Å². The van der Waals surface area contributed by atoms with Crippen LogP contribution in [0.1, 0.15) is 59.2 Å². The largest absolute Gasteiger partial charge is 0.497 e. The normalized spacial score (nSPS) is 16.0. The second-order valence-electron chi connectivity index (χ2n) is 20.8. The molecule has 0 saturated carbocycles. The van der Waals surface area contributed by atoms with Crippen LogP contribution in [0, 0.1) is 36.0 Å². The predicted molar refractivity (Wildman–Crippen MR) is 329 cm³/mol. The quantitative estimate of drug-likeness (QED) is 0.0516. The van der Waals surface area contributed by atoms with Gasteiger partial charge in [0.15, 0.2) is 0 Å². The third kappa shape index (κ3) is 13.6. The number of nitrogens with zero attached hydrogens (tertiary/aromatic N) is 5. The molecule has 4 aliphatic rings. The molecule has 0 bridgehead atoms. The van der Waals surface area contributed by atoms with Crippen molar-refractivity contribution >= 4 is 75.6 Å². The Labute approximate surface area is 526 Å². The van der Waals surface area contributed by atoms with Gasteiger partial charge in [-0.05, 0) is 89.2 Å². The number of benzene rings is 5. The van der Waals surface area contributed by atoms with E-state index in [1.165, 1.54) is 50.2 Å². The Morgan fingerprint density at radius 3 is 1.40 bits per heavy atom. The maximum absolute atomic E-state index is 13.1. The van der Waals surface area contributed by atoms with E-state index in [4.69, 9.17) is 34.8 Å². The number of ether oxygens (including phenoxy) is 7. The number of imide groups is 1. The Hall–Kier alpha value is -12.2. The van der Waals surface area contributed by atoms with Crippen molar-refractivity contribution in [3.05, 3.63) is 172 Å². The van der Waals surface area contributed by atoms with Gasteiger partial charge in [0.25, 0.3) is 23.6 Å². The zero-order valence-electron chi connectivity index (χ0n) is 50.7. The van der Waals surface area contributed by atoms with E-state index >= 15 is 0 Å². The predicted octanol–water partition coefficient (Wildman–Crippen LogP) is 4.90. The number of esters is 2. The number of nitrogens with one attached hydrogen (secondary N) is 4. The fourth-order valence-electron chi connectivity index (χ4n) is 10.4. The molecular formula is C67H59N9O16. The van der Waals surface area contributed by atoms with Crippen LogP contribution in [0.2, 0.25) is 0 Å². The van der Waals surface area contributed by atoms with Gasteiger partial charge in [-0.25, -0.2) is 33.9 Å². The van der Waals surface area contributed by atoms with E-state index < -0.39 is 52.7 Å². The number of methoxy groups -OCH3 is 7. The number of pyridine rings is 2. The van der Waals surface area contributed by atoms with Crippen molar-refractivity contribution in [2.75, 3.05) is 69.4 Å². The molecule has 1 saturated heterocycles. The minimum absolute atomic E-state index is 0.0962. The summed E-state index contributed by atoms with van der Waals surface area (Å²) in [6, 6.07) is 37.2. The fourth-order valence-corrected chi connectivity index (χ4v) is 10.4. The molecule has 0 spiro atoms. The smallest absolute Gasteiger partial charge is 0.408 e. The first kappa shape index (κ1) is 64.3. The van der Waals surface area contributed by atoms with E-state index in [0.717, 1.165) is 52.7 Å². The lowest BCUT2D eigenvalue weighted by Crippen LogP contribution is -2.60. The number of amides is 8. The van der Waals surface area contributed by atoms with Gasteiger partial charge in [-0.3, -0.25) is 35.1 Å². The highest BCUT2D eigenvalue weighted by molar-refractivity contribution is 6.10. The molecule has 5 aromatic carbocycles. The number of rotatable bonds is 13. The number of carbonyl (C=O) groups is 9. The average molecular weight is 1250 g/mol. The molecule has 3 atom stereocenters. The molecule has 8 amide bonds. The number of terminal acetylenes is 1. The van der Waals surface area contributed by atoms with E-state index in [1.807, 2.05) is 66.7 Å². The van der Waals surface area contributed by atoms with Gasteiger partial charge in [0.05, 0.1) is 80.4 Å². The van der Waals surface area contributed by atoms with Gasteiger partial charge in [-0.1, -0.05) is 84.5 Å². The van der Waals surface area contributed by atoms with Gasteiger partial charge in [-0.15, -0.1) is 6.42 Å². The number of hydrogen-bond acceptors (Lipinski definition) is 18. The molecular weight excluding hydrogens is 1190 g/mol. The lowest BCUT2D eigenvalue weighted by Gasteiger charge is -2.30. The van der Waals surface area contributed by atoms with Crippen LogP contribution < -0.4 is 35.5 Å². The van der Waals surface area contributed by atoms with Crippen molar-refractivity contribution < 1.29 is 76.3 Å². The first-order chi connectivity index (χ1) is 44.3. The van der Waals surface area contributed by atoms with E-state index in [2.05, 4.69) is 65.6 Å². The second-order valence-corrected chi connectivity index (χ2v) is 20.8. The van der Waals surface area contributed by atoms with Gasteiger partial charge in [0, 0.05) is 47.1 Å². The summed E-state index contributed by atoms with van der Waals surface area (Å²) in [5.41, 5.74) is 0.744. The van der Waals surface area contributed by atoms with Crippen molar-refractivity contribution in [3.8, 4) is 53.3 Å². The Bertz CT molecular complexity index is 4340. The van der Waals surface area contributed by atoms with Crippen LogP contribution in [0.4, 0.5) is 14.4 Å². The molecule has 1 fully saturated rings. The lowest BCUT2D eigenvalue weighted by molar-refractivity contribution is -0.147. The molecule has 11 rings (SSSR count). The Kier molecular flexibility index (Phi) is 19.2. The molecule has 4 N–H and O–H groups in total. The molecule has 92 heavy (non-hydrogen) atoms. The van der Waals surface area contributed by atoms with Crippen LogP contribution in [0.3, 0.4) is 0 Å². The van der Waals surface area contributed by atoms with Crippen LogP contribution in [0.25, 0.3) is 21.8 Å². The highest BCUT2D eigenvalue weighted by atomic mass is 16.6. The number of alkyl carbamates (subject to hydrolysis) is 2. The summed E-state index contributed by atoms with van der Waals surface area (Å²) in [5.74, 6) is 12.1. The number of carbonyl (C=O) groups excluding carboxylic acids is 9. The minimum atomic E-state index is -1.91. The van der Waals surface area contributed by atoms with E-state index in [-0.39, 0.29) is 50.4 Å². The molecule has 468 valence electrons. The van der Waals surface area contributed by atoms with Crippen LogP contribution >= 0.6 is 0 Å². The third-order valence-corrected chi connectivity index (χ3v) is 15.1. The summed E-state index contributed by atoms with van der Waals surface area (Å²) < 4.78 is 34.5. The Morgan fingerprint density at radius 1 is 0.543 bits per heavy atom. The molecule has 6 heterocycles. The topological polar surface area (TPSA) is 302 Å². The number of para-hydroxylation sites is 2. The summed E-state index contributed by atoms with van der Waals surface area (Å²) in [5, 5.41) is 11.5. The van der Waals surface area contributed by atoms with Crippen molar-refractivity contribution in [2.24, 2.45) is 0 Å². The molecule has 25 nitrogen and oxygen atoms in total. The van der Waals surface area contributed by atoms with Gasteiger partial charge < -0.3 is 53.2 Å². The summed E-state index contributed by atoms with van der Waals surface area (Å²) in [4.78, 5) is 126. The van der Waals surface area contributed by atoms with Crippen LogP contribution in [0.5, 0.6) is 17.2 Å². The van der Waals surface area contributed by atoms with Gasteiger partial charge >= 0.3 is 30.2 Å². The molecule has 7 aromatic rings. The standard InChI is InChI=1S/C26H23N3O6.C24H18N4O4.C17H18N2O6/c1-33-20-11-9-18-15-29(23(30)21(18)14-20)16-26(24(31)34-2,28-25(32)35-3)13-12-19-10-8-17-6-4-5-7-22(17)27-19;1-32-18-9-7-16-13-28(21(29)19(16)12-18)14-24(22(30)26-23(31)27-24)11-10-17-8-6-15-4-2-3-5-20(15)25-17;1-5-17(15(21)24-3,18-16(22)25-4)10-19-9-11-6-7-12(23-2)8-13(11)14(19)20/h4-11,14H,15-16H2,1-3H3,(H,28,32);2-9,12H,13-14H2,1H3,(H2,26,27,30,31);1,6-8H,9-10H2,2-4H3,(H,18,22)/t26-;24-;17-/m111/s1. The monoisotopic (exact) mass is 1250 g/mol. The number of aromatic nitrogens is 2. The molecule has 0 aliphatic carbocycles. The zero-order valence-corrected chi connectivity index (χ0v) is 50.7. The van der Waals surface area contributed by atoms with Gasteiger partial charge in [0.2, 0.25) is 16.6 Å². The van der Waals surface area contributed by atoms with E-state index in [1.54, 1.807) is 60.7 Å². The first-order valence-electron chi connectivity index (χ1n) is 27.9. The van der Waals surface area contributed by atoms with Crippen molar-refractivity contribution in [3.63, 3.8) is 0 Å². The Morgan fingerprint density at radius 2 is 0.967 bits per heavy atom. The fraction of sp³-hybridized carbons (Fsp3) is 0.239. The molecule has 0 radical (unpaired) electrons. The van der Waals surface area contributed by atoms with Gasteiger partial charge in [0.1, 0.15) is 28.6 Å². The molecule has 4 aliphatic heterocycles. The van der Waals surface area contributed by atoms with Crippen molar-refractivity contribution in [1.82, 2.24) is 45.9 Å². The highest BCUT2D eigenvalue weighted by Crippen LogP contribution is 2.32. The SMILES string of the molecule is C#C[C@](CN1Cc2ccc(OC)cc2C1=O)(NC(=O)OC)C(=O)OC.COC(=O)N[C@](C#Cc1ccc2ccccc2n1)(CN1Cc2ccc(OC)cc2C1=O)C(=O)OC.COc1ccc2c(c1)C(=O)N(C[C@@]1(C#Cc3ccc4ccccc4n3)NC(=O)NC1=O)C2. The zero-order chi connectivity index (χ0) is 65.9. The third-order valence-electron chi connectivity index (χ3n) is 15.1. The van der Waals surface area contributed by atoms with Crippen molar-refractivity contribution in [2.45, 2.75) is 36.3 Å². The van der Waals surface area contributed by atoms with Crippen molar-refractivity contribution in [1.29, 1.82) is 0 Å². The number of hydrogen-bond donors (Lipinski definition) is 4. The van der Waals surface area contributed by atoms with Crippen LogP contribution in [-0.2, 0) is 53.0 Å². The summed E-state index contributed by atoms with van der Waals surface area (Å²) in [6.45, 7) is 0.128. The lowest BCUT2D eigenvalue weighted by atomic mass is 9.99.